The third kappa shape index (κ3) is 3.02. The topological polar surface area (TPSA) is 106 Å². The zero-order valence-corrected chi connectivity index (χ0v) is 12.5. The highest BCUT2D eigenvalue weighted by atomic mass is 32.2. The number of nitrogens with two attached hydrogens (primary N) is 1. The van der Waals surface area contributed by atoms with Crippen LogP contribution in [-0.2, 0) is 14.8 Å². The van der Waals surface area contributed by atoms with Gasteiger partial charge in [0.15, 0.2) is 12.2 Å². The zero-order chi connectivity index (χ0) is 15.7. The number of hydrogen-bond donors (Lipinski definition) is 1. The summed E-state index contributed by atoms with van der Waals surface area (Å²) in [5, 5.41) is 5.07. The van der Waals surface area contributed by atoms with Gasteiger partial charge >= 0.3 is 0 Å². The van der Waals surface area contributed by atoms with Crippen LogP contribution in [-0.4, -0.2) is 31.6 Å². The molecule has 7 nitrogen and oxygen atoms in total. The number of benzene rings is 1. The van der Waals surface area contributed by atoms with Gasteiger partial charge in [0.25, 0.3) is 0 Å². The van der Waals surface area contributed by atoms with Crippen molar-refractivity contribution in [3.05, 3.63) is 36.9 Å². The first-order valence-electron chi connectivity index (χ1n) is 6.73. The maximum atomic E-state index is 12.2. The first-order chi connectivity index (χ1) is 10.4. The van der Waals surface area contributed by atoms with Crippen LogP contribution in [0.1, 0.15) is 6.42 Å². The molecule has 1 amide bonds. The number of primary sulfonamides is 1. The van der Waals surface area contributed by atoms with Gasteiger partial charge in [-0.25, -0.2) is 18.5 Å². The third-order valence-electron chi connectivity index (χ3n) is 3.57. The summed E-state index contributed by atoms with van der Waals surface area (Å²) in [4.78, 5) is 17.7. The Morgan fingerprint density at radius 1 is 1.36 bits per heavy atom. The molecule has 1 saturated heterocycles. The lowest BCUT2D eigenvalue weighted by Gasteiger charge is -2.19. The maximum absolute atomic E-state index is 12.2. The highest BCUT2D eigenvalue weighted by Gasteiger charge is 2.34. The average molecular weight is 321 g/mol. The van der Waals surface area contributed by atoms with Gasteiger partial charge in [-0.05, 0) is 12.1 Å². The predicted molar refractivity (Wildman–Crippen MR) is 80.4 cm³/mol. The molecule has 1 fully saturated rings. The van der Waals surface area contributed by atoms with Gasteiger partial charge in [0, 0.05) is 24.4 Å². The van der Waals surface area contributed by atoms with E-state index in [4.69, 9.17) is 9.56 Å². The van der Waals surface area contributed by atoms with E-state index in [1.807, 2.05) is 18.2 Å². The standard InChI is InChI=1S/C14H15N3O4S/c15-22(19,20)8-10-5-14(18)17(7-10)12-4-2-1-3-11(12)13-6-16-9-21-13/h1-4,6,9-10H,5,7-8H2,(H2,15,19,20). The van der Waals surface area contributed by atoms with Crippen LogP contribution < -0.4 is 10.0 Å². The second-order valence-electron chi connectivity index (χ2n) is 5.29. The Morgan fingerprint density at radius 3 is 2.82 bits per heavy atom. The van der Waals surface area contributed by atoms with Crippen LogP contribution in [0.3, 0.4) is 0 Å². The summed E-state index contributed by atoms with van der Waals surface area (Å²) in [5.41, 5.74) is 1.42. The van der Waals surface area contributed by atoms with E-state index < -0.39 is 10.0 Å². The summed E-state index contributed by atoms with van der Waals surface area (Å²) in [6.07, 6.45) is 3.06. The maximum Gasteiger partial charge on any atom is 0.227 e. The SMILES string of the molecule is NS(=O)(=O)CC1CC(=O)N(c2ccccc2-c2cnco2)C1. The molecular formula is C14H15N3O4S. The van der Waals surface area contributed by atoms with Gasteiger partial charge in [0.05, 0.1) is 17.6 Å². The molecule has 0 bridgehead atoms. The molecule has 2 heterocycles. The lowest BCUT2D eigenvalue weighted by atomic mass is 10.1. The summed E-state index contributed by atoms with van der Waals surface area (Å²) in [6.45, 7) is 0.320. The van der Waals surface area contributed by atoms with Gasteiger partial charge in [-0.2, -0.15) is 0 Å². The van der Waals surface area contributed by atoms with E-state index in [0.717, 1.165) is 5.56 Å². The Labute approximate surface area is 127 Å². The number of amides is 1. The van der Waals surface area contributed by atoms with E-state index >= 15 is 0 Å². The van der Waals surface area contributed by atoms with Crippen LogP contribution in [0.2, 0.25) is 0 Å². The minimum Gasteiger partial charge on any atom is -0.443 e. The van der Waals surface area contributed by atoms with Crippen molar-refractivity contribution in [2.45, 2.75) is 6.42 Å². The summed E-state index contributed by atoms with van der Waals surface area (Å²) < 4.78 is 27.7. The predicted octanol–water partition coefficient (Wildman–Crippen LogP) is 0.983. The van der Waals surface area contributed by atoms with Crippen LogP contribution in [0, 0.1) is 5.92 Å². The van der Waals surface area contributed by atoms with E-state index in [0.29, 0.717) is 18.0 Å². The summed E-state index contributed by atoms with van der Waals surface area (Å²) in [7, 11) is -3.60. The van der Waals surface area contributed by atoms with Gasteiger partial charge in [0.2, 0.25) is 15.9 Å². The molecule has 0 saturated carbocycles. The molecule has 3 rings (SSSR count). The van der Waals surface area contributed by atoms with Crippen molar-refractivity contribution in [2.75, 3.05) is 17.2 Å². The van der Waals surface area contributed by atoms with Crippen LogP contribution in [0.5, 0.6) is 0 Å². The van der Waals surface area contributed by atoms with Crippen molar-refractivity contribution in [3.63, 3.8) is 0 Å². The number of sulfonamides is 1. The third-order valence-corrected chi connectivity index (χ3v) is 4.50. The van der Waals surface area contributed by atoms with E-state index in [9.17, 15) is 13.2 Å². The molecule has 2 aromatic rings. The summed E-state index contributed by atoms with van der Waals surface area (Å²) >= 11 is 0. The van der Waals surface area contributed by atoms with Gasteiger partial charge in [-0.3, -0.25) is 4.79 Å². The molecule has 116 valence electrons. The highest BCUT2D eigenvalue weighted by Crippen LogP contribution is 2.34. The Balaban J connectivity index is 1.91. The number of anilines is 1. The van der Waals surface area contributed by atoms with Gasteiger partial charge < -0.3 is 9.32 Å². The second kappa shape index (κ2) is 5.54. The highest BCUT2D eigenvalue weighted by molar-refractivity contribution is 7.89. The van der Waals surface area contributed by atoms with E-state index in [1.54, 1.807) is 17.2 Å². The van der Waals surface area contributed by atoms with Gasteiger partial charge in [-0.1, -0.05) is 12.1 Å². The molecule has 0 spiro atoms. The molecule has 1 aliphatic rings. The number of nitrogens with zero attached hydrogens (tertiary/aromatic N) is 2. The molecule has 1 aliphatic heterocycles. The largest absolute Gasteiger partial charge is 0.443 e. The van der Waals surface area contributed by atoms with Crippen molar-refractivity contribution in [3.8, 4) is 11.3 Å². The van der Waals surface area contributed by atoms with Crippen molar-refractivity contribution >= 4 is 21.6 Å². The first-order valence-corrected chi connectivity index (χ1v) is 8.44. The fraction of sp³-hybridized carbons (Fsp3) is 0.286. The number of oxazole rings is 1. The number of rotatable bonds is 4. The Morgan fingerprint density at radius 2 is 2.14 bits per heavy atom. The van der Waals surface area contributed by atoms with Crippen molar-refractivity contribution in [1.82, 2.24) is 4.98 Å². The summed E-state index contributed by atoms with van der Waals surface area (Å²) in [6, 6.07) is 7.28. The fourth-order valence-electron chi connectivity index (χ4n) is 2.72. The molecule has 0 radical (unpaired) electrons. The molecule has 1 aromatic carbocycles. The molecule has 8 heteroatoms. The van der Waals surface area contributed by atoms with Crippen molar-refractivity contribution < 1.29 is 17.6 Å². The van der Waals surface area contributed by atoms with Crippen LogP contribution in [0.25, 0.3) is 11.3 Å². The van der Waals surface area contributed by atoms with Gasteiger partial charge in [0.1, 0.15) is 0 Å². The monoisotopic (exact) mass is 321 g/mol. The smallest absolute Gasteiger partial charge is 0.227 e. The second-order valence-corrected chi connectivity index (χ2v) is 6.95. The molecule has 22 heavy (non-hydrogen) atoms. The van der Waals surface area contributed by atoms with E-state index in [-0.39, 0.29) is 24.0 Å². The summed E-state index contributed by atoms with van der Waals surface area (Å²) in [5.74, 6) is -0.0658. The molecule has 1 atom stereocenters. The number of para-hydroxylation sites is 1. The fourth-order valence-corrected chi connectivity index (χ4v) is 3.60. The molecule has 1 aromatic heterocycles. The van der Waals surface area contributed by atoms with Crippen LogP contribution >= 0.6 is 0 Å². The number of carbonyl (C=O) groups is 1. The van der Waals surface area contributed by atoms with Gasteiger partial charge in [-0.15, -0.1) is 0 Å². The zero-order valence-electron chi connectivity index (χ0n) is 11.7. The number of hydrogen-bond acceptors (Lipinski definition) is 5. The minimum absolute atomic E-state index is 0.124. The van der Waals surface area contributed by atoms with Crippen LogP contribution in [0.4, 0.5) is 5.69 Å². The van der Waals surface area contributed by atoms with Crippen LogP contribution in [0.15, 0.2) is 41.3 Å². The quantitative estimate of drug-likeness (QED) is 0.903. The Hall–Kier alpha value is -2.19. The number of aromatic nitrogens is 1. The lowest BCUT2D eigenvalue weighted by Crippen LogP contribution is -2.27. The molecule has 2 N–H and O–H groups in total. The molecular weight excluding hydrogens is 306 g/mol. The van der Waals surface area contributed by atoms with E-state index in [2.05, 4.69) is 4.98 Å². The normalized spacial score (nSPS) is 18.9. The Kier molecular flexibility index (Phi) is 3.71. The first kappa shape index (κ1) is 14.7. The number of carbonyl (C=O) groups excluding carboxylic acids is 1. The average Bonchev–Trinajstić information content (AvgIpc) is 3.07. The molecule has 0 aliphatic carbocycles. The lowest BCUT2D eigenvalue weighted by molar-refractivity contribution is -0.117. The van der Waals surface area contributed by atoms with Crippen molar-refractivity contribution in [2.24, 2.45) is 11.1 Å². The van der Waals surface area contributed by atoms with Crippen molar-refractivity contribution in [1.29, 1.82) is 0 Å². The van der Waals surface area contributed by atoms with E-state index in [1.165, 1.54) is 6.39 Å². The minimum atomic E-state index is -3.60. The Bertz CT molecular complexity index is 786. The molecule has 1 unspecified atom stereocenters.